The van der Waals surface area contributed by atoms with E-state index in [1.807, 2.05) is 31.2 Å². The molecule has 1 aromatic carbocycles. The lowest BCUT2D eigenvalue weighted by Gasteiger charge is -2.39. The van der Waals surface area contributed by atoms with Gasteiger partial charge in [0, 0.05) is 37.0 Å². The molecule has 126 valence electrons. The van der Waals surface area contributed by atoms with E-state index in [1.54, 1.807) is 0 Å². The van der Waals surface area contributed by atoms with Crippen molar-refractivity contribution in [2.75, 3.05) is 6.61 Å². The third-order valence-corrected chi connectivity index (χ3v) is 5.03. The molecule has 1 amide bonds. The van der Waals surface area contributed by atoms with Gasteiger partial charge in [0.2, 0.25) is 17.6 Å². The van der Waals surface area contributed by atoms with Crippen LogP contribution in [-0.2, 0) is 16.0 Å². The van der Waals surface area contributed by atoms with E-state index in [9.17, 15) is 4.79 Å². The number of aromatic nitrogens is 2. The van der Waals surface area contributed by atoms with Crippen LogP contribution in [0.25, 0.3) is 11.4 Å². The van der Waals surface area contributed by atoms with Crippen LogP contribution in [-0.4, -0.2) is 34.8 Å². The maximum Gasteiger partial charge on any atom is 0.227 e. The zero-order chi connectivity index (χ0) is 16.5. The zero-order valence-electron chi connectivity index (χ0n) is 13.7. The van der Waals surface area contributed by atoms with Crippen molar-refractivity contribution in [3.63, 3.8) is 0 Å². The lowest BCUT2D eigenvalue weighted by Crippen LogP contribution is -2.53. The van der Waals surface area contributed by atoms with Crippen LogP contribution < -0.4 is 5.32 Å². The number of rotatable bonds is 5. The summed E-state index contributed by atoms with van der Waals surface area (Å²) in [5, 5.41) is 7.12. The Morgan fingerprint density at radius 3 is 3.08 bits per heavy atom. The molecular formula is C18H21N3O3. The Labute approximate surface area is 140 Å². The molecular weight excluding hydrogens is 306 g/mol. The molecule has 4 rings (SSSR count). The molecule has 3 atom stereocenters. The van der Waals surface area contributed by atoms with E-state index < -0.39 is 0 Å². The van der Waals surface area contributed by atoms with Crippen LogP contribution in [0.4, 0.5) is 0 Å². The number of aryl methyl sites for hydroxylation is 2. The Bertz CT molecular complexity index is 743. The fourth-order valence-electron chi connectivity index (χ4n) is 3.55. The maximum absolute atomic E-state index is 12.1. The van der Waals surface area contributed by atoms with Crippen LogP contribution in [0, 0.1) is 12.8 Å². The normalized spacial score (nSPS) is 25.1. The molecule has 2 aliphatic rings. The highest BCUT2D eigenvalue weighted by molar-refractivity contribution is 5.76. The van der Waals surface area contributed by atoms with Gasteiger partial charge in [-0.05, 0) is 25.3 Å². The van der Waals surface area contributed by atoms with Crippen LogP contribution in [0.3, 0.4) is 0 Å². The van der Waals surface area contributed by atoms with E-state index in [4.69, 9.17) is 9.26 Å². The third-order valence-electron chi connectivity index (χ3n) is 5.03. The summed E-state index contributed by atoms with van der Waals surface area (Å²) in [6, 6.07) is 8.18. The number of carbonyl (C=O) groups is 1. The minimum Gasteiger partial charge on any atom is -0.378 e. The summed E-state index contributed by atoms with van der Waals surface area (Å²) in [4.78, 5) is 16.5. The van der Waals surface area contributed by atoms with Gasteiger partial charge in [-0.1, -0.05) is 29.4 Å². The second-order valence-electron chi connectivity index (χ2n) is 6.60. The lowest BCUT2D eigenvalue weighted by molar-refractivity contribution is -0.124. The van der Waals surface area contributed by atoms with Gasteiger partial charge in [0.15, 0.2) is 0 Å². The molecule has 1 aliphatic carbocycles. The molecule has 6 heteroatoms. The van der Waals surface area contributed by atoms with Crippen LogP contribution in [0.15, 0.2) is 28.8 Å². The number of nitrogens with zero attached hydrogens (tertiary/aromatic N) is 2. The summed E-state index contributed by atoms with van der Waals surface area (Å²) in [7, 11) is 0. The predicted octanol–water partition coefficient (Wildman–Crippen LogP) is 2.27. The lowest BCUT2D eigenvalue weighted by atomic mass is 9.76. The first-order chi connectivity index (χ1) is 11.7. The van der Waals surface area contributed by atoms with E-state index in [0.29, 0.717) is 36.6 Å². The Morgan fingerprint density at radius 2 is 2.25 bits per heavy atom. The summed E-state index contributed by atoms with van der Waals surface area (Å²) in [6.07, 6.45) is 3.18. The molecule has 1 N–H and O–H groups in total. The number of amides is 1. The Hall–Kier alpha value is -2.21. The number of hydrogen-bond acceptors (Lipinski definition) is 5. The smallest absolute Gasteiger partial charge is 0.227 e. The van der Waals surface area contributed by atoms with Crippen LogP contribution >= 0.6 is 0 Å². The van der Waals surface area contributed by atoms with E-state index in [-0.39, 0.29) is 11.9 Å². The highest BCUT2D eigenvalue weighted by Crippen LogP contribution is 2.38. The van der Waals surface area contributed by atoms with Gasteiger partial charge in [0.25, 0.3) is 0 Å². The van der Waals surface area contributed by atoms with Gasteiger partial charge in [-0.25, -0.2) is 0 Å². The first-order valence-electron chi connectivity index (χ1n) is 8.50. The number of benzene rings is 1. The molecule has 0 bridgehead atoms. The molecule has 2 heterocycles. The van der Waals surface area contributed by atoms with Crippen molar-refractivity contribution in [3.8, 4) is 11.4 Å². The van der Waals surface area contributed by atoms with Gasteiger partial charge in [-0.15, -0.1) is 0 Å². The molecule has 0 unspecified atom stereocenters. The molecule has 1 saturated carbocycles. The van der Waals surface area contributed by atoms with Gasteiger partial charge in [-0.3, -0.25) is 4.79 Å². The highest BCUT2D eigenvalue weighted by atomic mass is 16.5. The van der Waals surface area contributed by atoms with E-state index in [1.165, 1.54) is 0 Å². The molecule has 2 aromatic rings. The molecule has 0 spiro atoms. The first kappa shape index (κ1) is 15.3. The summed E-state index contributed by atoms with van der Waals surface area (Å²) in [6.45, 7) is 2.84. The second kappa shape index (κ2) is 6.36. The summed E-state index contributed by atoms with van der Waals surface area (Å²) >= 11 is 0. The fourth-order valence-corrected chi connectivity index (χ4v) is 3.55. The maximum atomic E-state index is 12.1. The number of nitrogens with one attached hydrogen (secondary N) is 1. The van der Waals surface area contributed by atoms with Gasteiger partial charge < -0.3 is 14.6 Å². The average Bonchev–Trinajstić information content (AvgIpc) is 3.18. The zero-order valence-corrected chi connectivity index (χ0v) is 13.7. The number of fused-ring (bicyclic) bond motifs is 1. The minimum atomic E-state index is 0.0426. The van der Waals surface area contributed by atoms with Crippen molar-refractivity contribution >= 4 is 5.91 Å². The van der Waals surface area contributed by atoms with E-state index in [0.717, 1.165) is 30.6 Å². The van der Waals surface area contributed by atoms with Crippen molar-refractivity contribution in [3.05, 3.63) is 35.7 Å². The molecule has 6 nitrogen and oxygen atoms in total. The van der Waals surface area contributed by atoms with E-state index >= 15 is 0 Å². The van der Waals surface area contributed by atoms with Gasteiger partial charge >= 0.3 is 0 Å². The topological polar surface area (TPSA) is 77.2 Å². The molecule has 1 aliphatic heterocycles. The van der Waals surface area contributed by atoms with Gasteiger partial charge in [0.05, 0.1) is 6.10 Å². The average molecular weight is 327 g/mol. The van der Waals surface area contributed by atoms with Gasteiger partial charge in [-0.2, -0.15) is 4.98 Å². The van der Waals surface area contributed by atoms with Crippen molar-refractivity contribution in [2.24, 2.45) is 5.92 Å². The van der Waals surface area contributed by atoms with Crippen LogP contribution in [0.5, 0.6) is 0 Å². The Kier molecular flexibility index (Phi) is 4.06. The molecule has 1 saturated heterocycles. The van der Waals surface area contributed by atoms with Crippen molar-refractivity contribution in [1.29, 1.82) is 0 Å². The molecule has 2 fully saturated rings. The number of hydrogen-bond donors (Lipinski definition) is 1. The predicted molar refractivity (Wildman–Crippen MR) is 87.2 cm³/mol. The number of carbonyl (C=O) groups excluding carboxylic acids is 1. The summed E-state index contributed by atoms with van der Waals surface area (Å²) in [5.41, 5.74) is 2.06. The van der Waals surface area contributed by atoms with Crippen molar-refractivity contribution < 1.29 is 14.1 Å². The van der Waals surface area contributed by atoms with Crippen LogP contribution in [0.1, 0.15) is 30.7 Å². The van der Waals surface area contributed by atoms with Crippen molar-refractivity contribution in [2.45, 2.75) is 44.8 Å². The fraction of sp³-hybridized carbons (Fsp3) is 0.500. The SMILES string of the molecule is Cc1ccccc1-c1noc(CCC(=O)N[C@@H]2C[C@H]3OCC[C@@H]23)n1. The highest BCUT2D eigenvalue weighted by Gasteiger charge is 2.45. The standard InChI is InChI=1S/C18H21N3O3/c1-11-4-2-3-5-12(11)18-20-17(24-21-18)7-6-16(22)19-14-10-15-13(14)8-9-23-15/h2-5,13-15H,6-10H2,1H3,(H,19,22)/t13-,14+,15+/m0/s1. The molecule has 24 heavy (non-hydrogen) atoms. The quantitative estimate of drug-likeness (QED) is 0.911. The summed E-state index contributed by atoms with van der Waals surface area (Å²) < 4.78 is 10.8. The second-order valence-corrected chi connectivity index (χ2v) is 6.60. The first-order valence-corrected chi connectivity index (χ1v) is 8.50. The van der Waals surface area contributed by atoms with Gasteiger partial charge in [0.1, 0.15) is 0 Å². The monoisotopic (exact) mass is 327 g/mol. The minimum absolute atomic E-state index is 0.0426. The molecule has 0 radical (unpaired) electrons. The van der Waals surface area contributed by atoms with E-state index in [2.05, 4.69) is 15.5 Å². The molecule has 1 aromatic heterocycles. The van der Waals surface area contributed by atoms with Crippen molar-refractivity contribution in [1.82, 2.24) is 15.5 Å². The van der Waals surface area contributed by atoms with Crippen LogP contribution in [0.2, 0.25) is 0 Å². The largest absolute Gasteiger partial charge is 0.378 e. The Morgan fingerprint density at radius 1 is 1.38 bits per heavy atom. The Balaban J connectivity index is 1.30. The summed E-state index contributed by atoms with van der Waals surface area (Å²) in [5.74, 6) is 1.62. The number of ether oxygens (including phenoxy) is 1. The third kappa shape index (κ3) is 2.94.